The highest BCUT2D eigenvalue weighted by molar-refractivity contribution is 7.47. The predicted molar refractivity (Wildman–Crippen MR) is 446 cm³/mol. The molecule has 0 saturated carbocycles. The molecule has 642 valence electrons. The molecule has 0 aliphatic rings. The Morgan fingerprint density at radius 2 is 0.472 bits per heavy atom. The number of hydrogen-bond donors (Lipinski definition) is 3. The molecule has 0 saturated heterocycles. The van der Waals surface area contributed by atoms with Crippen molar-refractivity contribution in [2.45, 2.75) is 496 Å². The number of phosphoric acid groups is 2. The van der Waals surface area contributed by atoms with E-state index in [0.717, 1.165) is 115 Å². The van der Waals surface area contributed by atoms with E-state index < -0.39 is 97.5 Å². The van der Waals surface area contributed by atoms with Crippen LogP contribution in [0.1, 0.15) is 478 Å². The standard InChI is InChI=1S/C89H174O17P2/c1-7-10-12-14-16-17-18-19-20-21-22-23-24-25-30-33-39-44-49-55-61-67-74-89(94)106-85(78-100-87(92)72-66-60-54-48-43-38-32-29-27-26-28-31-36-41-46-52-57-63-69-81(4)5)80-104-108(97,98)102-76-83(90)75-101-107(95,96)103-79-84(77-99-86(91)71-65-59-51-15-13-11-8-2)105-88(93)73-68-62-56-50-45-40-35-34-37-42-47-53-58-64-70-82(6)9-3/h81-85,90H,7-80H2,1-6H3,(H,95,96)(H,97,98)/t82?,83-,84+,85+/m0/s1. The van der Waals surface area contributed by atoms with Crippen molar-refractivity contribution in [1.29, 1.82) is 0 Å². The first kappa shape index (κ1) is 106. The van der Waals surface area contributed by atoms with Gasteiger partial charge in [0.1, 0.15) is 19.3 Å². The molecule has 0 aliphatic heterocycles. The highest BCUT2D eigenvalue weighted by atomic mass is 31.2. The van der Waals surface area contributed by atoms with E-state index in [4.69, 9.17) is 37.0 Å². The second-order valence-electron chi connectivity index (χ2n) is 32.7. The fourth-order valence-electron chi connectivity index (χ4n) is 13.9. The van der Waals surface area contributed by atoms with Crippen LogP contribution < -0.4 is 0 Å². The van der Waals surface area contributed by atoms with Crippen molar-refractivity contribution in [2.24, 2.45) is 11.8 Å². The summed E-state index contributed by atoms with van der Waals surface area (Å²) in [7, 11) is -9.93. The molecule has 19 heteroatoms. The number of esters is 4. The van der Waals surface area contributed by atoms with Gasteiger partial charge < -0.3 is 33.8 Å². The molecule has 0 aromatic rings. The average molecular weight is 1580 g/mol. The van der Waals surface area contributed by atoms with Crippen molar-refractivity contribution in [3.8, 4) is 0 Å². The van der Waals surface area contributed by atoms with Crippen molar-refractivity contribution in [3.63, 3.8) is 0 Å². The van der Waals surface area contributed by atoms with Gasteiger partial charge in [-0.15, -0.1) is 0 Å². The summed E-state index contributed by atoms with van der Waals surface area (Å²) in [5, 5.41) is 10.7. The molecule has 0 spiro atoms. The molecule has 6 atom stereocenters. The van der Waals surface area contributed by atoms with E-state index >= 15 is 0 Å². The van der Waals surface area contributed by atoms with Crippen LogP contribution in [0.25, 0.3) is 0 Å². The topological polar surface area (TPSA) is 237 Å². The lowest BCUT2D eigenvalue weighted by molar-refractivity contribution is -0.161. The van der Waals surface area contributed by atoms with E-state index in [2.05, 4.69) is 41.5 Å². The SMILES string of the molecule is CCCCCCCCCCCCCCCCCCCCCCCCC(=O)O[C@H](COC(=O)CCCCCCCCCCCCCCCCCCCCC(C)C)COP(=O)(O)OC[C@@H](O)COP(=O)(O)OC[C@@H](COC(=O)CCCCCCCCC)OC(=O)CCCCCCCCCCCCCCCCC(C)CC. The van der Waals surface area contributed by atoms with Gasteiger partial charge in [-0.25, -0.2) is 9.13 Å². The zero-order valence-electron chi connectivity index (χ0n) is 71.2. The molecule has 0 heterocycles. The van der Waals surface area contributed by atoms with Crippen LogP contribution in [0.2, 0.25) is 0 Å². The normalized spacial score (nSPS) is 14.0. The number of rotatable bonds is 88. The van der Waals surface area contributed by atoms with E-state index in [-0.39, 0.29) is 25.7 Å². The van der Waals surface area contributed by atoms with Crippen LogP contribution in [-0.2, 0) is 65.4 Å². The third-order valence-electron chi connectivity index (χ3n) is 21.3. The Bertz CT molecular complexity index is 2070. The van der Waals surface area contributed by atoms with Crippen LogP contribution in [0.4, 0.5) is 0 Å². The van der Waals surface area contributed by atoms with Gasteiger partial charge in [-0.1, -0.05) is 427 Å². The Hall–Kier alpha value is -1.94. The van der Waals surface area contributed by atoms with Gasteiger partial charge in [0.15, 0.2) is 12.2 Å². The molecule has 0 aromatic heterocycles. The van der Waals surface area contributed by atoms with Crippen LogP contribution in [0.5, 0.6) is 0 Å². The lowest BCUT2D eigenvalue weighted by Crippen LogP contribution is -2.30. The zero-order valence-corrected chi connectivity index (χ0v) is 73.0. The molecule has 17 nitrogen and oxygen atoms in total. The largest absolute Gasteiger partial charge is 0.472 e. The maximum absolute atomic E-state index is 13.2. The summed E-state index contributed by atoms with van der Waals surface area (Å²) in [6, 6.07) is 0. The summed E-state index contributed by atoms with van der Waals surface area (Å²) < 4.78 is 68.9. The Kier molecular flexibility index (Phi) is 78.8. The van der Waals surface area contributed by atoms with Crippen LogP contribution >= 0.6 is 15.6 Å². The summed E-state index contributed by atoms with van der Waals surface area (Å²) in [6.45, 7) is 9.73. The Morgan fingerprint density at radius 1 is 0.269 bits per heavy atom. The molecule has 108 heavy (non-hydrogen) atoms. The lowest BCUT2D eigenvalue weighted by Gasteiger charge is -2.21. The highest BCUT2D eigenvalue weighted by Crippen LogP contribution is 2.45. The van der Waals surface area contributed by atoms with Gasteiger partial charge in [0.05, 0.1) is 26.4 Å². The first-order chi connectivity index (χ1) is 52.4. The van der Waals surface area contributed by atoms with Crippen LogP contribution in [0.3, 0.4) is 0 Å². The average Bonchev–Trinajstić information content (AvgIpc) is 0.902. The Labute approximate surface area is 664 Å². The Morgan fingerprint density at radius 3 is 0.704 bits per heavy atom. The quantitative estimate of drug-likeness (QED) is 0.0222. The third kappa shape index (κ3) is 80.7. The van der Waals surface area contributed by atoms with Gasteiger partial charge in [-0.3, -0.25) is 37.3 Å². The molecule has 3 N–H and O–H groups in total. The van der Waals surface area contributed by atoms with Crippen molar-refractivity contribution in [2.75, 3.05) is 39.6 Å². The molecule has 0 radical (unpaired) electrons. The predicted octanol–water partition coefficient (Wildman–Crippen LogP) is 27.4. The minimum absolute atomic E-state index is 0.108. The fourth-order valence-corrected chi connectivity index (χ4v) is 15.5. The molecular formula is C89H174O17P2. The van der Waals surface area contributed by atoms with Crippen LogP contribution in [-0.4, -0.2) is 96.7 Å². The third-order valence-corrected chi connectivity index (χ3v) is 23.2. The van der Waals surface area contributed by atoms with Crippen molar-refractivity contribution in [1.82, 2.24) is 0 Å². The summed E-state index contributed by atoms with van der Waals surface area (Å²) in [5.41, 5.74) is 0. The first-order valence-electron chi connectivity index (χ1n) is 46.0. The van der Waals surface area contributed by atoms with Crippen LogP contribution in [0.15, 0.2) is 0 Å². The number of carbonyl (C=O) groups is 4. The van der Waals surface area contributed by atoms with Gasteiger partial charge in [0, 0.05) is 25.7 Å². The minimum atomic E-state index is -4.97. The molecule has 0 fully saturated rings. The molecule has 3 unspecified atom stereocenters. The smallest absolute Gasteiger partial charge is 0.462 e. The molecule has 0 aromatic carbocycles. The zero-order chi connectivity index (χ0) is 79.2. The van der Waals surface area contributed by atoms with E-state index in [9.17, 15) is 43.2 Å². The lowest BCUT2D eigenvalue weighted by atomic mass is 9.99. The molecule has 0 amide bonds. The second-order valence-corrected chi connectivity index (χ2v) is 35.6. The van der Waals surface area contributed by atoms with Crippen molar-refractivity contribution < 1.29 is 80.2 Å². The van der Waals surface area contributed by atoms with Crippen LogP contribution in [0, 0.1) is 11.8 Å². The van der Waals surface area contributed by atoms with E-state index in [1.807, 2.05) is 0 Å². The molecule has 0 aliphatic carbocycles. The highest BCUT2D eigenvalue weighted by Gasteiger charge is 2.31. The van der Waals surface area contributed by atoms with Gasteiger partial charge in [-0.05, 0) is 37.5 Å². The van der Waals surface area contributed by atoms with Gasteiger partial charge in [0.25, 0.3) is 0 Å². The number of aliphatic hydroxyl groups excluding tert-OH is 1. The number of ether oxygens (including phenoxy) is 4. The molecular weight excluding hydrogens is 1400 g/mol. The monoisotopic (exact) mass is 1580 g/mol. The first-order valence-corrected chi connectivity index (χ1v) is 49.0. The summed E-state index contributed by atoms with van der Waals surface area (Å²) in [4.78, 5) is 73.2. The van der Waals surface area contributed by atoms with E-state index in [1.165, 1.54) is 283 Å². The van der Waals surface area contributed by atoms with Gasteiger partial charge in [0.2, 0.25) is 0 Å². The van der Waals surface area contributed by atoms with Crippen molar-refractivity contribution in [3.05, 3.63) is 0 Å². The van der Waals surface area contributed by atoms with Gasteiger partial charge >= 0.3 is 39.5 Å². The number of phosphoric ester groups is 2. The number of carbonyl (C=O) groups excluding carboxylic acids is 4. The summed E-state index contributed by atoms with van der Waals surface area (Å²) in [5.74, 6) is -0.435. The Balaban J connectivity index is 5.15. The van der Waals surface area contributed by atoms with Gasteiger partial charge in [-0.2, -0.15) is 0 Å². The maximum Gasteiger partial charge on any atom is 0.472 e. The van der Waals surface area contributed by atoms with E-state index in [0.29, 0.717) is 25.7 Å². The number of hydrogen-bond acceptors (Lipinski definition) is 15. The number of aliphatic hydroxyl groups is 1. The summed E-state index contributed by atoms with van der Waals surface area (Å²) >= 11 is 0. The van der Waals surface area contributed by atoms with Crippen molar-refractivity contribution >= 4 is 39.5 Å². The minimum Gasteiger partial charge on any atom is -0.462 e. The number of unbranched alkanes of at least 4 members (excludes halogenated alkanes) is 57. The molecule has 0 bridgehead atoms. The fraction of sp³-hybridized carbons (Fsp3) is 0.955. The van der Waals surface area contributed by atoms with E-state index in [1.54, 1.807) is 0 Å². The summed E-state index contributed by atoms with van der Waals surface area (Å²) in [6.07, 6.45) is 73.9. The molecule has 0 rings (SSSR count). The maximum atomic E-state index is 13.2. The second kappa shape index (κ2) is 80.3.